The van der Waals surface area contributed by atoms with Gasteiger partial charge in [-0.25, -0.2) is 0 Å². The van der Waals surface area contributed by atoms with Gasteiger partial charge in [0.15, 0.2) is 5.75 Å². The molecular weight excluding hydrogens is 333 g/mol. The van der Waals surface area contributed by atoms with Gasteiger partial charge in [-0.05, 0) is 25.0 Å². The summed E-state index contributed by atoms with van der Waals surface area (Å²) in [6.45, 7) is 1.53. The lowest BCUT2D eigenvalue weighted by Gasteiger charge is -2.35. The Hall–Kier alpha value is -0.930. The van der Waals surface area contributed by atoms with Gasteiger partial charge in [-0.1, -0.05) is 48.5 Å². The van der Waals surface area contributed by atoms with E-state index in [9.17, 15) is 4.79 Å². The summed E-state index contributed by atoms with van der Waals surface area (Å²) >= 11 is 12.3. The molecule has 3 nitrogen and oxygen atoms in total. The van der Waals surface area contributed by atoms with Crippen LogP contribution < -0.4 is 4.74 Å². The van der Waals surface area contributed by atoms with E-state index in [0.717, 1.165) is 38.8 Å². The highest BCUT2D eigenvalue weighted by Gasteiger charge is 2.30. The number of piperidine rings is 1. The van der Waals surface area contributed by atoms with Gasteiger partial charge in [-0.15, -0.1) is 0 Å². The minimum Gasteiger partial charge on any atom is -0.487 e. The highest BCUT2D eigenvalue weighted by atomic mass is 35.5. The second kappa shape index (κ2) is 7.76. The fraction of sp³-hybridized carbons (Fsp3) is 0.611. The third kappa shape index (κ3) is 4.13. The quantitative estimate of drug-likeness (QED) is 0.767. The summed E-state index contributed by atoms with van der Waals surface area (Å²) in [6.07, 6.45) is 7.53. The number of hydrogen-bond acceptors (Lipinski definition) is 2. The predicted octanol–water partition coefficient (Wildman–Crippen LogP) is 4.94. The number of carbonyl (C=O) groups excluding carboxylic acids is 1. The Morgan fingerprint density at radius 2 is 1.61 bits per heavy atom. The third-order valence-corrected chi connectivity index (χ3v) is 5.51. The first-order valence-electron chi connectivity index (χ1n) is 8.54. The lowest BCUT2D eigenvalue weighted by molar-refractivity contribution is -0.138. The molecule has 2 aliphatic rings. The standard InChI is InChI=1S/C18H23Cl2NO2/c19-15-7-4-8-16(20)17(15)23-14-9-11-21(12-10-14)18(22)13-5-2-1-3-6-13/h4,7-8,13-14H,1-3,5-6,9-12H2. The summed E-state index contributed by atoms with van der Waals surface area (Å²) in [7, 11) is 0. The Morgan fingerprint density at radius 1 is 1.00 bits per heavy atom. The maximum absolute atomic E-state index is 12.6. The number of amides is 1. The second-order valence-corrected chi connectivity index (χ2v) is 7.34. The normalized spacial score (nSPS) is 20.5. The minimum atomic E-state index is 0.0720. The highest BCUT2D eigenvalue weighted by Crippen LogP contribution is 2.34. The summed E-state index contributed by atoms with van der Waals surface area (Å²) in [6, 6.07) is 5.37. The van der Waals surface area contributed by atoms with Crippen LogP contribution in [0.3, 0.4) is 0 Å². The summed E-state index contributed by atoms with van der Waals surface area (Å²) < 4.78 is 5.99. The number of benzene rings is 1. The molecule has 1 heterocycles. The molecule has 0 unspecified atom stereocenters. The van der Waals surface area contributed by atoms with E-state index in [1.165, 1.54) is 19.3 Å². The van der Waals surface area contributed by atoms with Crippen molar-refractivity contribution in [2.75, 3.05) is 13.1 Å². The molecule has 0 bridgehead atoms. The Balaban J connectivity index is 1.53. The summed E-state index contributed by atoms with van der Waals surface area (Å²) in [5.74, 6) is 1.16. The van der Waals surface area contributed by atoms with Crippen molar-refractivity contribution in [1.82, 2.24) is 4.90 Å². The maximum atomic E-state index is 12.6. The topological polar surface area (TPSA) is 29.5 Å². The Kier molecular flexibility index (Phi) is 5.71. The average Bonchev–Trinajstić information content (AvgIpc) is 2.59. The van der Waals surface area contributed by atoms with Gasteiger partial charge >= 0.3 is 0 Å². The zero-order valence-electron chi connectivity index (χ0n) is 13.3. The molecule has 126 valence electrons. The molecule has 0 atom stereocenters. The zero-order valence-corrected chi connectivity index (χ0v) is 14.8. The molecule has 2 fully saturated rings. The van der Waals surface area contributed by atoms with Crippen LogP contribution in [0.15, 0.2) is 18.2 Å². The van der Waals surface area contributed by atoms with Crippen LogP contribution in [0.25, 0.3) is 0 Å². The van der Waals surface area contributed by atoms with Crippen LogP contribution in [0.4, 0.5) is 0 Å². The zero-order chi connectivity index (χ0) is 16.2. The minimum absolute atomic E-state index is 0.0720. The van der Waals surface area contributed by atoms with Crippen molar-refractivity contribution in [2.45, 2.75) is 51.0 Å². The molecule has 0 radical (unpaired) electrons. The van der Waals surface area contributed by atoms with Crippen LogP contribution in [0.1, 0.15) is 44.9 Å². The fourth-order valence-electron chi connectivity index (χ4n) is 3.56. The van der Waals surface area contributed by atoms with E-state index < -0.39 is 0 Å². The predicted molar refractivity (Wildman–Crippen MR) is 93.3 cm³/mol. The Labute approximate surface area is 147 Å². The van der Waals surface area contributed by atoms with Gasteiger partial charge in [0.2, 0.25) is 5.91 Å². The van der Waals surface area contributed by atoms with Crippen molar-refractivity contribution < 1.29 is 9.53 Å². The number of carbonyl (C=O) groups is 1. The van der Waals surface area contributed by atoms with Crippen LogP contribution in [0.2, 0.25) is 10.0 Å². The number of hydrogen-bond donors (Lipinski definition) is 0. The Bertz CT molecular complexity index is 530. The largest absolute Gasteiger partial charge is 0.487 e. The summed E-state index contributed by atoms with van der Waals surface area (Å²) in [4.78, 5) is 14.6. The molecule has 1 saturated heterocycles. The molecular formula is C18H23Cl2NO2. The van der Waals surface area contributed by atoms with E-state index in [0.29, 0.717) is 21.7 Å². The van der Waals surface area contributed by atoms with Crippen LogP contribution >= 0.6 is 23.2 Å². The molecule has 0 N–H and O–H groups in total. The molecule has 3 rings (SSSR count). The lowest BCUT2D eigenvalue weighted by atomic mass is 9.88. The van der Waals surface area contributed by atoms with Crippen molar-refractivity contribution in [3.05, 3.63) is 28.2 Å². The van der Waals surface area contributed by atoms with E-state index in [1.807, 2.05) is 11.0 Å². The second-order valence-electron chi connectivity index (χ2n) is 6.53. The molecule has 5 heteroatoms. The van der Waals surface area contributed by atoms with Gasteiger partial charge in [-0.3, -0.25) is 4.79 Å². The van der Waals surface area contributed by atoms with Gasteiger partial charge in [0.05, 0.1) is 10.0 Å². The van der Waals surface area contributed by atoms with E-state index in [2.05, 4.69) is 0 Å². The van der Waals surface area contributed by atoms with Gasteiger partial charge in [-0.2, -0.15) is 0 Å². The monoisotopic (exact) mass is 355 g/mol. The average molecular weight is 356 g/mol. The first-order valence-corrected chi connectivity index (χ1v) is 9.30. The molecule has 1 aromatic carbocycles. The molecule has 1 aromatic rings. The molecule has 1 aliphatic carbocycles. The van der Waals surface area contributed by atoms with E-state index in [1.54, 1.807) is 12.1 Å². The third-order valence-electron chi connectivity index (χ3n) is 4.91. The molecule has 0 aromatic heterocycles. The van der Waals surface area contributed by atoms with Crippen LogP contribution in [-0.2, 0) is 4.79 Å². The smallest absolute Gasteiger partial charge is 0.225 e. The fourth-order valence-corrected chi connectivity index (χ4v) is 4.05. The van der Waals surface area contributed by atoms with Crippen LogP contribution in [0.5, 0.6) is 5.75 Å². The van der Waals surface area contributed by atoms with Crippen molar-refractivity contribution in [3.8, 4) is 5.75 Å². The number of para-hydroxylation sites is 1. The van der Waals surface area contributed by atoms with E-state index in [4.69, 9.17) is 27.9 Å². The van der Waals surface area contributed by atoms with Crippen molar-refractivity contribution in [2.24, 2.45) is 5.92 Å². The number of rotatable bonds is 3. The molecule has 1 aliphatic heterocycles. The highest BCUT2D eigenvalue weighted by molar-refractivity contribution is 6.37. The van der Waals surface area contributed by atoms with E-state index >= 15 is 0 Å². The van der Waals surface area contributed by atoms with Gasteiger partial charge in [0.1, 0.15) is 6.10 Å². The summed E-state index contributed by atoms with van der Waals surface area (Å²) in [5.41, 5.74) is 0. The van der Waals surface area contributed by atoms with Crippen molar-refractivity contribution in [3.63, 3.8) is 0 Å². The Morgan fingerprint density at radius 3 is 2.22 bits per heavy atom. The van der Waals surface area contributed by atoms with Gasteiger partial charge < -0.3 is 9.64 Å². The molecule has 0 spiro atoms. The van der Waals surface area contributed by atoms with Gasteiger partial charge in [0.25, 0.3) is 0 Å². The van der Waals surface area contributed by atoms with E-state index in [-0.39, 0.29) is 12.0 Å². The van der Waals surface area contributed by atoms with Crippen LogP contribution in [-0.4, -0.2) is 30.0 Å². The van der Waals surface area contributed by atoms with Crippen LogP contribution in [0, 0.1) is 5.92 Å². The van der Waals surface area contributed by atoms with Crippen molar-refractivity contribution >= 4 is 29.1 Å². The van der Waals surface area contributed by atoms with Crippen molar-refractivity contribution in [1.29, 1.82) is 0 Å². The number of ether oxygens (including phenoxy) is 1. The number of halogens is 2. The first-order chi connectivity index (χ1) is 11.1. The first kappa shape index (κ1) is 16.9. The lowest BCUT2D eigenvalue weighted by Crippen LogP contribution is -2.44. The molecule has 1 amide bonds. The van der Waals surface area contributed by atoms with Gasteiger partial charge in [0, 0.05) is 31.8 Å². The SMILES string of the molecule is O=C(C1CCCCC1)N1CCC(Oc2c(Cl)cccc2Cl)CC1. The maximum Gasteiger partial charge on any atom is 0.225 e. The summed E-state index contributed by atoms with van der Waals surface area (Å²) in [5, 5.41) is 1.08. The molecule has 23 heavy (non-hydrogen) atoms. The number of nitrogens with zero attached hydrogens (tertiary/aromatic N) is 1. The molecule has 1 saturated carbocycles. The number of likely N-dealkylation sites (tertiary alicyclic amines) is 1.